The molecule has 1 unspecified atom stereocenters. The fourth-order valence-corrected chi connectivity index (χ4v) is 5.73. The quantitative estimate of drug-likeness (QED) is 0.412. The van der Waals surface area contributed by atoms with Gasteiger partial charge in [-0.05, 0) is 47.7 Å². The first kappa shape index (κ1) is 22.9. The summed E-state index contributed by atoms with van der Waals surface area (Å²) in [5, 5.41) is 21.4. The Balaban J connectivity index is 1.60. The Kier molecular flexibility index (Phi) is 5.48. The summed E-state index contributed by atoms with van der Waals surface area (Å²) in [4.78, 5) is 18.0. The molecule has 1 aliphatic carbocycles. The maximum absolute atomic E-state index is 12.9. The number of hydrogen-bond acceptors (Lipinski definition) is 7. The smallest absolute Gasteiger partial charge is 0.234 e. The van der Waals surface area contributed by atoms with Crippen LogP contribution in [0.3, 0.4) is 0 Å². The summed E-state index contributed by atoms with van der Waals surface area (Å²) in [6.45, 7) is 1.83. The molecular formula is C25H19N5O3S2. The number of nitrogens with two attached hydrogens (primary N) is 1. The van der Waals surface area contributed by atoms with Crippen LogP contribution in [0.15, 0.2) is 82.9 Å². The first-order chi connectivity index (χ1) is 16.7. The number of hydrogen-bond donors (Lipinski definition) is 1. The molecule has 0 fully saturated rings. The van der Waals surface area contributed by atoms with Gasteiger partial charge in [-0.3, -0.25) is 4.79 Å². The molecule has 5 rings (SSSR count). The van der Waals surface area contributed by atoms with Crippen LogP contribution in [-0.4, -0.2) is 28.8 Å². The summed E-state index contributed by atoms with van der Waals surface area (Å²) < 4.78 is 25.7. The van der Waals surface area contributed by atoms with Gasteiger partial charge in [-0.25, -0.2) is 23.1 Å². The summed E-state index contributed by atoms with van der Waals surface area (Å²) in [5.41, 5.74) is 2.62. The summed E-state index contributed by atoms with van der Waals surface area (Å²) in [7, 11) is -3.90. The second-order valence-electron chi connectivity index (χ2n) is 8.39. The predicted octanol–water partition coefficient (Wildman–Crippen LogP) is 3.97. The van der Waals surface area contributed by atoms with Gasteiger partial charge in [0.2, 0.25) is 15.8 Å². The van der Waals surface area contributed by atoms with Crippen LogP contribution in [-0.2, 0) is 15.4 Å². The highest BCUT2D eigenvalue weighted by Crippen LogP contribution is 2.42. The molecule has 1 atom stereocenters. The number of carbonyl (C=O) groups excluding carboxylic acids is 1. The molecule has 0 aliphatic heterocycles. The number of nitrogens with zero attached hydrogens (tertiary/aromatic N) is 4. The van der Waals surface area contributed by atoms with Crippen molar-refractivity contribution in [2.24, 2.45) is 5.14 Å². The molecule has 2 N–H and O–H groups in total. The summed E-state index contributed by atoms with van der Waals surface area (Å²) >= 11 is 1.36. The monoisotopic (exact) mass is 501 g/mol. The Bertz CT molecular complexity index is 1690. The maximum Gasteiger partial charge on any atom is 0.234 e. The van der Waals surface area contributed by atoms with Gasteiger partial charge in [0.1, 0.15) is 0 Å². The van der Waals surface area contributed by atoms with Crippen molar-refractivity contribution in [3.63, 3.8) is 0 Å². The van der Waals surface area contributed by atoms with E-state index in [1.807, 2.05) is 42.6 Å². The topological polar surface area (TPSA) is 131 Å². The Morgan fingerprint density at radius 1 is 1.23 bits per heavy atom. The number of sulfonamides is 1. The predicted molar refractivity (Wildman–Crippen MR) is 133 cm³/mol. The van der Waals surface area contributed by atoms with Crippen LogP contribution in [0, 0.1) is 11.3 Å². The first-order valence-corrected chi connectivity index (χ1v) is 13.0. The average molecular weight is 502 g/mol. The van der Waals surface area contributed by atoms with Gasteiger partial charge in [0, 0.05) is 22.7 Å². The van der Waals surface area contributed by atoms with Gasteiger partial charge in [0.25, 0.3) is 0 Å². The van der Waals surface area contributed by atoms with Gasteiger partial charge >= 0.3 is 0 Å². The third-order valence-corrected chi connectivity index (χ3v) is 8.11. The van der Waals surface area contributed by atoms with Crippen LogP contribution >= 0.6 is 11.3 Å². The van der Waals surface area contributed by atoms with E-state index < -0.39 is 15.4 Å². The minimum absolute atomic E-state index is 0.0690. The van der Waals surface area contributed by atoms with Gasteiger partial charge < -0.3 is 0 Å². The largest absolute Gasteiger partial charge is 0.287 e. The molecule has 3 aromatic heterocycles. The van der Waals surface area contributed by atoms with Crippen LogP contribution in [0.4, 0.5) is 0 Å². The Morgan fingerprint density at radius 2 is 2.06 bits per heavy atom. The second kappa shape index (κ2) is 8.39. The van der Waals surface area contributed by atoms with E-state index in [9.17, 15) is 18.5 Å². The van der Waals surface area contributed by atoms with Crippen LogP contribution in [0.1, 0.15) is 34.1 Å². The van der Waals surface area contributed by atoms with E-state index in [2.05, 4.69) is 16.2 Å². The molecule has 0 amide bonds. The molecule has 174 valence electrons. The zero-order chi connectivity index (χ0) is 24.8. The van der Waals surface area contributed by atoms with Crippen molar-refractivity contribution in [1.82, 2.24) is 14.6 Å². The number of thiophene rings is 1. The minimum atomic E-state index is -3.90. The SMILES string of the molecule is CC1(c2cccc(-c3ccnc4c(C(=O)c5cccs5)cnn34)c2)CC(S(N)(=O)=O)=CC=C1C#N. The molecule has 1 aliphatic rings. The van der Waals surface area contributed by atoms with E-state index in [0.717, 1.165) is 11.1 Å². The standard InChI is InChI=1S/C25H19N5O3S2/c1-25(13-19(35(27,32)33)8-7-18(25)14-26)17-5-2-4-16(12-17)21-9-10-28-24-20(15-29-30(21)24)23(31)22-6-3-11-34-22/h2-12,15H,13H2,1H3,(H2,27,32,33). The molecular weight excluding hydrogens is 482 g/mol. The summed E-state index contributed by atoms with van der Waals surface area (Å²) in [5.74, 6) is -0.144. The molecule has 10 heteroatoms. The molecule has 0 saturated heterocycles. The molecule has 4 aromatic rings. The maximum atomic E-state index is 12.9. The molecule has 0 radical (unpaired) electrons. The van der Waals surface area contributed by atoms with E-state index >= 15 is 0 Å². The number of nitriles is 1. The zero-order valence-corrected chi connectivity index (χ0v) is 20.2. The highest BCUT2D eigenvalue weighted by molar-refractivity contribution is 7.93. The fraction of sp³-hybridized carbons (Fsp3) is 0.120. The van der Waals surface area contributed by atoms with Gasteiger partial charge in [-0.1, -0.05) is 31.2 Å². The molecule has 8 nitrogen and oxygen atoms in total. The number of primary sulfonamides is 1. The van der Waals surface area contributed by atoms with E-state index in [0.29, 0.717) is 27.4 Å². The number of rotatable bonds is 5. The number of ketones is 1. The van der Waals surface area contributed by atoms with Crippen molar-refractivity contribution < 1.29 is 13.2 Å². The van der Waals surface area contributed by atoms with E-state index in [-0.39, 0.29) is 17.1 Å². The fourth-order valence-electron chi connectivity index (χ4n) is 4.31. The number of benzene rings is 1. The van der Waals surface area contributed by atoms with Gasteiger partial charge in [0.05, 0.1) is 33.3 Å². The van der Waals surface area contributed by atoms with Crippen LogP contribution in [0.5, 0.6) is 0 Å². The van der Waals surface area contributed by atoms with E-state index in [1.54, 1.807) is 22.8 Å². The number of aromatic nitrogens is 3. The normalized spacial score (nSPS) is 18.1. The number of fused-ring (bicyclic) bond motifs is 1. The summed E-state index contributed by atoms with van der Waals surface area (Å²) in [6, 6.07) is 15.1. The van der Waals surface area contributed by atoms with Crippen molar-refractivity contribution in [3.05, 3.63) is 98.9 Å². The highest BCUT2D eigenvalue weighted by atomic mass is 32.2. The number of carbonyl (C=O) groups is 1. The van der Waals surface area contributed by atoms with Crippen molar-refractivity contribution in [3.8, 4) is 17.3 Å². The highest BCUT2D eigenvalue weighted by Gasteiger charge is 2.37. The van der Waals surface area contributed by atoms with Crippen molar-refractivity contribution in [2.45, 2.75) is 18.8 Å². The lowest BCUT2D eigenvalue weighted by molar-refractivity contribution is 0.104. The Labute approximate surface area is 205 Å². The van der Waals surface area contributed by atoms with Gasteiger partial charge in [0.15, 0.2) is 5.65 Å². The molecule has 3 heterocycles. The minimum Gasteiger partial charge on any atom is -0.287 e. The first-order valence-electron chi connectivity index (χ1n) is 10.6. The Hall–Kier alpha value is -3.91. The van der Waals surface area contributed by atoms with Crippen LogP contribution < -0.4 is 5.14 Å². The lowest BCUT2D eigenvalue weighted by Gasteiger charge is -2.33. The van der Waals surface area contributed by atoms with Crippen molar-refractivity contribution in [1.29, 1.82) is 5.26 Å². The van der Waals surface area contributed by atoms with Crippen LogP contribution in [0.25, 0.3) is 16.9 Å². The molecule has 0 bridgehead atoms. The summed E-state index contributed by atoms with van der Waals surface area (Å²) in [6.07, 6.45) is 6.11. The molecule has 35 heavy (non-hydrogen) atoms. The third-order valence-electron chi connectivity index (χ3n) is 6.23. The van der Waals surface area contributed by atoms with E-state index in [1.165, 1.54) is 29.7 Å². The van der Waals surface area contributed by atoms with Crippen molar-refractivity contribution >= 4 is 32.8 Å². The molecule has 0 spiro atoms. The number of allylic oxidation sites excluding steroid dienone is 4. The average Bonchev–Trinajstić information content (AvgIpc) is 3.53. The molecule has 1 aromatic carbocycles. The van der Waals surface area contributed by atoms with Gasteiger partial charge in [-0.2, -0.15) is 10.4 Å². The van der Waals surface area contributed by atoms with Gasteiger partial charge in [-0.15, -0.1) is 11.3 Å². The van der Waals surface area contributed by atoms with Crippen molar-refractivity contribution in [2.75, 3.05) is 0 Å². The zero-order valence-electron chi connectivity index (χ0n) is 18.5. The molecule has 0 saturated carbocycles. The lowest BCUT2D eigenvalue weighted by Crippen LogP contribution is -2.30. The lowest BCUT2D eigenvalue weighted by atomic mass is 9.71. The van der Waals surface area contributed by atoms with E-state index in [4.69, 9.17) is 5.14 Å². The Morgan fingerprint density at radius 3 is 2.77 bits per heavy atom. The second-order valence-corrected chi connectivity index (χ2v) is 11.0. The third kappa shape index (κ3) is 3.89. The van der Waals surface area contributed by atoms with Crippen LogP contribution in [0.2, 0.25) is 0 Å².